The molecule has 3 rings (SSSR count). The van der Waals surface area contributed by atoms with Crippen LogP contribution in [0.15, 0.2) is 53.4 Å². The van der Waals surface area contributed by atoms with E-state index in [0.29, 0.717) is 6.54 Å². The van der Waals surface area contributed by atoms with Crippen LogP contribution in [0.3, 0.4) is 0 Å². The van der Waals surface area contributed by atoms with Gasteiger partial charge in [0.15, 0.2) is 0 Å². The van der Waals surface area contributed by atoms with Gasteiger partial charge in [-0.25, -0.2) is 12.8 Å². The first-order valence-corrected chi connectivity index (χ1v) is 8.84. The van der Waals surface area contributed by atoms with Gasteiger partial charge in [0.2, 0.25) is 10.0 Å². The van der Waals surface area contributed by atoms with Gasteiger partial charge in [0.25, 0.3) is 0 Å². The average Bonchev–Trinajstić information content (AvgIpc) is 2.98. The lowest BCUT2D eigenvalue weighted by molar-refractivity contribution is 0.396. The Labute approximate surface area is 134 Å². The third kappa shape index (κ3) is 2.76. The second kappa shape index (κ2) is 5.99. The summed E-state index contributed by atoms with van der Waals surface area (Å²) in [6, 6.07) is 12.1. The van der Waals surface area contributed by atoms with Crippen LogP contribution in [0, 0.1) is 5.82 Å². The monoisotopic (exact) mass is 339 g/mol. The Kier molecular flexibility index (Phi) is 4.21. The second-order valence-electron chi connectivity index (χ2n) is 5.26. The van der Waals surface area contributed by atoms with Gasteiger partial charge in [-0.1, -0.05) is 35.9 Å². The Bertz CT molecular complexity index is 777. The molecule has 6 heteroatoms. The summed E-state index contributed by atoms with van der Waals surface area (Å²) in [6.45, 7) is 0.440. The molecule has 1 unspecified atom stereocenters. The lowest BCUT2D eigenvalue weighted by Crippen LogP contribution is -2.30. The fourth-order valence-electron chi connectivity index (χ4n) is 2.83. The number of benzene rings is 2. The summed E-state index contributed by atoms with van der Waals surface area (Å²) < 4.78 is 40.3. The summed E-state index contributed by atoms with van der Waals surface area (Å²) in [4.78, 5) is 0.116. The molecule has 1 aliphatic heterocycles. The highest BCUT2D eigenvalue weighted by Gasteiger charge is 2.36. The Morgan fingerprint density at radius 1 is 1.09 bits per heavy atom. The van der Waals surface area contributed by atoms with Gasteiger partial charge >= 0.3 is 0 Å². The molecule has 0 amide bonds. The van der Waals surface area contributed by atoms with Crippen LogP contribution < -0.4 is 0 Å². The van der Waals surface area contributed by atoms with Crippen molar-refractivity contribution < 1.29 is 12.8 Å². The quantitative estimate of drug-likeness (QED) is 0.847. The van der Waals surface area contributed by atoms with E-state index in [9.17, 15) is 12.8 Å². The lowest BCUT2D eigenvalue weighted by atomic mass is 10.1. The van der Waals surface area contributed by atoms with Crippen molar-refractivity contribution in [1.29, 1.82) is 0 Å². The molecule has 0 radical (unpaired) electrons. The molecule has 0 saturated carbocycles. The summed E-state index contributed by atoms with van der Waals surface area (Å²) in [5.74, 6) is -0.331. The minimum atomic E-state index is -3.67. The predicted octanol–water partition coefficient (Wildman–Crippen LogP) is 4.00. The Morgan fingerprint density at radius 2 is 1.77 bits per heavy atom. The molecule has 0 aliphatic carbocycles. The number of hydrogen-bond donors (Lipinski definition) is 0. The molecule has 2 aromatic rings. The maximum Gasteiger partial charge on any atom is 0.245 e. The molecule has 22 heavy (non-hydrogen) atoms. The van der Waals surface area contributed by atoms with Gasteiger partial charge in [-0.2, -0.15) is 4.31 Å². The molecule has 1 atom stereocenters. The van der Waals surface area contributed by atoms with Crippen molar-refractivity contribution in [3.05, 3.63) is 64.9 Å². The molecule has 0 bridgehead atoms. The first kappa shape index (κ1) is 15.5. The maximum absolute atomic E-state index is 13.1. The highest BCUT2D eigenvalue weighted by atomic mass is 35.5. The van der Waals surface area contributed by atoms with Gasteiger partial charge in [0, 0.05) is 6.54 Å². The summed E-state index contributed by atoms with van der Waals surface area (Å²) >= 11 is 6.05. The number of halogens is 2. The van der Waals surface area contributed by atoms with Crippen LogP contribution in [0.25, 0.3) is 0 Å². The Balaban J connectivity index is 1.99. The van der Waals surface area contributed by atoms with E-state index in [1.807, 2.05) is 0 Å². The molecule has 1 aliphatic rings. The largest absolute Gasteiger partial charge is 0.245 e. The van der Waals surface area contributed by atoms with Crippen molar-refractivity contribution in [1.82, 2.24) is 4.31 Å². The topological polar surface area (TPSA) is 37.4 Å². The SMILES string of the molecule is O=S(=O)(c1ccccc1Cl)N1CCCC1c1ccc(F)cc1. The summed E-state index contributed by atoms with van der Waals surface area (Å²) in [5, 5.41) is 0.215. The van der Waals surface area contributed by atoms with Crippen LogP contribution in [0.2, 0.25) is 5.02 Å². The van der Waals surface area contributed by atoms with Crippen molar-refractivity contribution in [2.24, 2.45) is 0 Å². The van der Waals surface area contributed by atoms with E-state index in [-0.39, 0.29) is 21.8 Å². The van der Waals surface area contributed by atoms with Crippen molar-refractivity contribution in [3.8, 4) is 0 Å². The van der Waals surface area contributed by atoms with Gasteiger partial charge < -0.3 is 0 Å². The first-order valence-electron chi connectivity index (χ1n) is 7.02. The maximum atomic E-state index is 13.1. The van der Waals surface area contributed by atoms with E-state index in [0.717, 1.165) is 18.4 Å². The number of nitrogens with zero attached hydrogens (tertiary/aromatic N) is 1. The summed E-state index contributed by atoms with van der Waals surface area (Å²) in [7, 11) is -3.67. The third-order valence-corrected chi connectivity index (χ3v) is 6.29. The van der Waals surface area contributed by atoms with E-state index in [4.69, 9.17) is 11.6 Å². The molecule has 2 aromatic carbocycles. The molecular weight excluding hydrogens is 325 g/mol. The van der Waals surface area contributed by atoms with E-state index < -0.39 is 10.0 Å². The van der Waals surface area contributed by atoms with Gasteiger partial charge in [-0.15, -0.1) is 0 Å². The number of hydrogen-bond acceptors (Lipinski definition) is 2. The van der Waals surface area contributed by atoms with Gasteiger partial charge in [0.05, 0.1) is 11.1 Å². The summed E-state index contributed by atoms with van der Waals surface area (Å²) in [5.41, 5.74) is 0.800. The van der Waals surface area contributed by atoms with Gasteiger partial charge in [0.1, 0.15) is 10.7 Å². The zero-order valence-corrected chi connectivity index (χ0v) is 13.3. The van der Waals surface area contributed by atoms with Crippen LogP contribution >= 0.6 is 11.6 Å². The lowest BCUT2D eigenvalue weighted by Gasteiger charge is -2.25. The minimum absolute atomic E-state index is 0.116. The van der Waals surface area contributed by atoms with E-state index >= 15 is 0 Å². The smallest absolute Gasteiger partial charge is 0.207 e. The molecule has 0 aromatic heterocycles. The number of rotatable bonds is 3. The first-order chi connectivity index (χ1) is 10.5. The fraction of sp³-hybridized carbons (Fsp3) is 0.250. The highest BCUT2D eigenvalue weighted by Crippen LogP contribution is 2.37. The Hall–Kier alpha value is -1.43. The zero-order chi connectivity index (χ0) is 15.7. The second-order valence-corrected chi connectivity index (χ2v) is 7.52. The summed E-state index contributed by atoms with van der Waals surface area (Å²) in [6.07, 6.45) is 1.49. The van der Waals surface area contributed by atoms with E-state index in [2.05, 4.69) is 0 Å². The molecule has 3 nitrogen and oxygen atoms in total. The van der Waals surface area contributed by atoms with Crippen molar-refractivity contribution >= 4 is 21.6 Å². The van der Waals surface area contributed by atoms with Crippen LogP contribution in [-0.2, 0) is 10.0 Å². The number of sulfonamides is 1. The average molecular weight is 340 g/mol. The zero-order valence-electron chi connectivity index (χ0n) is 11.7. The third-order valence-electron chi connectivity index (χ3n) is 3.88. The fourth-order valence-corrected chi connectivity index (χ4v) is 5.00. The van der Waals surface area contributed by atoms with Crippen LogP contribution in [0.4, 0.5) is 4.39 Å². The van der Waals surface area contributed by atoms with E-state index in [1.165, 1.54) is 22.5 Å². The van der Waals surface area contributed by atoms with Crippen LogP contribution in [-0.4, -0.2) is 19.3 Å². The van der Waals surface area contributed by atoms with Crippen LogP contribution in [0.1, 0.15) is 24.4 Å². The molecule has 116 valence electrons. The van der Waals surface area contributed by atoms with Gasteiger partial charge in [-0.3, -0.25) is 0 Å². The molecular formula is C16H15ClFNO2S. The molecule has 0 spiro atoms. The predicted molar refractivity (Wildman–Crippen MR) is 83.7 cm³/mol. The minimum Gasteiger partial charge on any atom is -0.207 e. The van der Waals surface area contributed by atoms with Crippen molar-refractivity contribution in [3.63, 3.8) is 0 Å². The molecule has 1 saturated heterocycles. The van der Waals surface area contributed by atoms with Crippen LogP contribution in [0.5, 0.6) is 0 Å². The Morgan fingerprint density at radius 3 is 2.45 bits per heavy atom. The molecule has 1 heterocycles. The van der Waals surface area contributed by atoms with E-state index in [1.54, 1.807) is 30.3 Å². The molecule has 1 fully saturated rings. The standard InChI is InChI=1S/C16H15ClFNO2S/c17-14-4-1-2-6-16(14)22(20,21)19-11-3-5-15(19)12-7-9-13(18)10-8-12/h1-2,4,6-10,15H,3,5,11H2. The van der Waals surface area contributed by atoms with Crippen molar-refractivity contribution in [2.45, 2.75) is 23.8 Å². The normalized spacial score (nSPS) is 19.5. The van der Waals surface area contributed by atoms with Gasteiger partial charge in [-0.05, 0) is 42.7 Å². The highest BCUT2D eigenvalue weighted by molar-refractivity contribution is 7.89. The molecule has 0 N–H and O–H groups in total. The van der Waals surface area contributed by atoms with Crippen molar-refractivity contribution in [2.75, 3.05) is 6.54 Å².